The minimum absolute atomic E-state index is 0.193. The first-order chi connectivity index (χ1) is 8.34. The Labute approximate surface area is 116 Å². The van der Waals surface area contributed by atoms with Crippen LogP contribution < -0.4 is 5.73 Å². The van der Waals surface area contributed by atoms with Crippen molar-refractivity contribution in [3.63, 3.8) is 0 Å². The van der Waals surface area contributed by atoms with Gasteiger partial charge in [0.15, 0.2) is 0 Å². The molecule has 2 heteroatoms. The Bertz CT molecular complexity index is 404. The smallest absolute Gasteiger partial charge is 0.0443 e. The highest BCUT2D eigenvalue weighted by atomic mass is 35.5. The maximum atomic E-state index is 6.82. The Kier molecular flexibility index (Phi) is 3.75. The van der Waals surface area contributed by atoms with Crippen LogP contribution in [-0.4, -0.2) is 0 Å². The molecule has 1 aromatic rings. The largest absolute Gasteiger partial charge is 0.321 e. The molecule has 1 nitrogen and oxygen atoms in total. The van der Waals surface area contributed by atoms with E-state index in [2.05, 4.69) is 32.9 Å². The van der Waals surface area contributed by atoms with Crippen LogP contribution in [0.2, 0.25) is 5.02 Å². The molecule has 2 N–H and O–H groups in total. The van der Waals surface area contributed by atoms with Gasteiger partial charge < -0.3 is 5.73 Å². The Morgan fingerprint density at radius 3 is 2.33 bits per heavy atom. The number of hydrogen-bond acceptors (Lipinski definition) is 1. The Morgan fingerprint density at radius 1 is 1.17 bits per heavy atom. The van der Waals surface area contributed by atoms with Crippen molar-refractivity contribution in [1.82, 2.24) is 0 Å². The van der Waals surface area contributed by atoms with Gasteiger partial charge in [-0.3, -0.25) is 0 Å². The monoisotopic (exact) mass is 265 g/mol. The second-order valence-electron chi connectivity index (χ2n) is 6.71. The Balaban J connectivity index is 2.39. The van der Waals surface area contributed by atoms with Gasteiger partial charge >= 0.3 is 0 Å². The van der Waals surface area contributed by atoms with Gasteiger partial charge in [0.1, 0.15) is 0 Å². The van der Waals surface area contributed by atoms with Crippen LogP contribution in [0, 0.1) is 11.3 Å². The minimum Gasteiger partial charge on any atom is -0.321 e. The molecule has 2 unspecified atom stereocenters. The normalized spacial score (nSPS) is 29.3. The molecule has 0 bridgehead atoms. The molecule has 0 radical (unpaired) electrons. The lowest BCUT2D eigenvalue weighted by Gasteiger charge is -2.48. The molecule has 0 amide bonds. The molecule has 18 heavy (non-hydrogen) atoms. The summed E-state index contributed by atoms with van der Waals surface area (Å²) in [6.07, 6.45) is 4.83. The van der Waals surface area contributed by atoms with Gasteiger partial charge in [-0.05, 0) is 41.9 Å². The zero-order valence-electron chi connectivity index (χ0n) is 11.7. The fraction of sp³-hybridized carbons (Fsp3) is 0.625. The third kappa shape index (κ3) is 2.57. The summed E-state index contributed by atoms with van der Waals surface area (Å²) in [5, 5.41) is 0.783. The standard InChI is InChI=1S/C16H24ClN/c1-15(2,3)14-6-4-5-11-16(14,18)12-7-9-13(17)10-8-12/h7-10,14H,4-6,11,18H2,1-3H3. The van der Waals surface area contributed by atoms with Gasteiger partial charge in [0.05, 0.1) is 0 Å². The molecule has 1 aliphatic carbocycles. The zero-order valence-corrected chi connectivity index (χ0v) is 12.4. The number of nitrogens with two attached hydrogens (primary N) is 1. The number of halogens is 1. The van der Waals surface area contributed by atoms with Crippen molar-refractivity contribution in [1.29, 1.82) is 0 Å². The summed E-state index contributed by atoms with van der Waals surface area (Å²) in [6, 6.07) is 8.12. The van der Waals surface area contributed by atoms with Crippen molar-refractivity contribution < 1.29 is 0 Å². The molecule has 0 saturated heterocycles. The predicted molar refractivity (Wildman–Crippen MR) is 78.7 cm³/mol. The molecule has 0 aliphatic heterocycles. The molecule has 2 rings (SSSR count). The summed E-state index contributed by atoms with van der Waals surface area (Å²) in [5.41, 5.74) is 8.11. The molecule has 1 fully saturated rings. The van der Waals surface area contributed by atoms with Crippen molar-refractivity contribution in [3.8, 4) is 0 Å². The molecule has 1 saturated carbocycles. The highest BCUT2D eigenvalue weighted by molar-refractivity contribution is 6.30. The predicted octanol–water partition coefficient (Wildman–Crippen LogP) is 4.73. The second-order valence-corrected chi connectivity index (χ2v) is 7.15. The van der Waals surface area contributed by atoms with Crippen LogP contribution in [0.1, 0.15) is 52.0 Å². The topological polar surface area (TPSA) is 26.0 Å². The Hall–Kier alpha value is -0.530. The van der Waals surface area contributed by atoms with Crippen LogP contribution in [0.15, 0.2) is 24.3 Å². The average molecular weight is 266 g/mol. The van der Waals surface area contributed by atoms with Crippen molar-refractivity contribution in [2.45, 2.75) is 52.0 Å². The quantitative estimate of drug-likeness (QED) is 0.780. The summed E-state index contributed by atoms with van der Waals surface area (Å²) in [6.45, 7) is 6.92. The van der Waals surface area contributed by atoms with Crippen LogP contribution in [-0.2, 0) is 5.54 Å². The average Bonchev–Trinajstić information content (AvgIpc) is 2.28. The number of hydrogen-bond donors (Lipinski definition) is 1. The van der Waals surface area contributed by atoms with E-state index in [9.17, 15) is 0 Å². The zero-order chi connectivity index (χ0) is 13.4. The van der Waals surface area contributed by atoms with Crippen LogP contribution in [0.25, 0.3) is 0 Å². The summed E-state index contributed by atoms with van der Waals surface area (Å²) in [7, 11) is 0. The first-order valence-corrected chi connectivity index (χ1v) is 7.27. The molecule has 0 spiro atoms. The lowest BCUT2D eigenvalue weighted by molar-refractivity contribution is 0.0778. The van der Waals surface area contributed by atoms with Crippen LogP contribution in [0.5, 0.6) is 0 Å². The van der Waals surface area contributed by atoms with Crippen molar-refractivity contribution in [2.75, 3.05) is 0 Å². The number of rotatable bonds is 1. The maximum Gasteiger partial charge on any atom is 0.0443 e. The van der Waals surface area contributed by atoms with Gasteiger partial charge in [0.25, 0.3) is 0 Å². The van der Waals surface area contributed by atoms with Gasteiger partial charge in [0.2, 0.25) is 0 Å². The van der Waals surface area contributed by atoms with E-state index in [0.717, 1.165) is 11.4 Å². The molecule has 100 valence electrons. The third-order valence-corrected chi connectivity index (χ3v) is 4.63. The molecule has 2 atom stereocenters. The minimum atomic E-state index is -0.193. The van der Waals surface area contributed by atoms with E-state index >= 15 is 0 Å². The fourth-order valence-corrected chi connectivity index (χ4v) is 3.64. The molecular formula is C16H24ClN. The van der Waals surface area contributed by atoms with E-state index in [0.29, 0.717) is 5.92 Å². The van der Waals surface area contributed by atoms with E-state index in [1.807, 2.05) is 12.1 Å². The van der Waals surface area contributed by atoms with Crippen LogP contribution >= 0.6 is 11.6 Å². The third-order valence-electron chi connectivity index (χ3n) is 4.38. The van der Waals surface area contributed by atoms with E-state index in [1.165, 1.54) is 24.8 Å². The maximum absolute atomic E-state index is 6.82. The Morgan fingerprint density at radius 2 is 1.78 bits per heavy atom. The van der Waals surface area contributed by atoms with Gasteiger partial charge in [-0.15, -0.1) is 0 Å². The van der Waals surface area contributed by atoms with E-state index < -0.39 is 0 Å². The van der Waals surface area contributed by atoms with Gasteiger partial charge in [-0.25, -0.2) is 0 Å². The van der Waals surface area contributed by atoms with Crippen LogP contribution in [0.3, 0.4) is 0 Å². The lowest BCUT2D eigenvalue weighted by Crippen LogP contribution is -2.51. The SMILES string of the molecule is CC(C)(C)C1CCCCC1(N)c1ccc(Cl)cc1. The van der Waals surface area contributed by atoms with Crippen molar-refractivity contribution >= 4 is 11.6 Å². The van der Waals surface area contributed by atoms with E-state index in [-0.39, 0.29) is 11.0 Å². The second kappa shape index (κ2) is 4.86. The highest BCUT2D eigenvalue weighted by Gasteiger charge is 2.44. The van der Waals surface area contributed by atoms with E-state index in [4.69, 9.17) is 17.3 Å². The molecule has 0 aromatic heterocycles. The lowest BCUT2D eigenvalue weighted by atomic mass is 9.60. The summed E-state index contributed by atoms with van der Waals surface area (Å²) in [5.74, 6) is 0.528. The molecule has 1 aliphatic rings. The van der Waals surface area contributed by atoms with Crippen molar-refractivity contribution in [3.05, 3.63) is 34.9 Å². The number of benzene rings is 1. The highest BCUT2D eigenvalue weighted by Crippen LogP contribution is 2.48. The molecule has 0 heterocycles. The summed E-state index contributed by atoms with van der Waals surface area (Å²) < 4.78 is 0. The summed E-state index contributed by atoms with van der Waals surface area (Å²) >= 11 is 5.98. The first-order valence-electron chi connectivity index (χ1n) is 6.89. The van der Waals surface area contributed by atoms with Gasteiger partial charge in [0, 0.05) is 10.6 Å². The molecule has 1 aromatic carbocycles. The molecular weight excluding hydrogens is 242 g/mol. The van der Waals surface area contributed by atoms with Gasteiger partial charge in [-0.2, -0.15) is 0 Å². The van der Waals surface area contributed by atoms with Crippen molar-refractivity contribution in [2.24, 2.45) is 17.1 Å². The first kappa shape index (κ1) is 13.9. The van der Waals surface area contributed by atoms with Gasteiger partial charge in [-0.1, -0.05) is 57.3 Å². The fourth-order valence-electron chi connectivity index (χ4n) is 3.51. The van der Waals surface area contributed by atoms with Crippen LogP contribution in [0.4, 0.5) is 0 Å². The summed E-state index contributed by atoms with van der Waals surface area (Å²) in [4.78, 5) is 0. The van der Waals surface area contributed by atoms with E-state index in [1.54, 1.807) is 0 Å².